The van der Waals surface area contributed by atoms with Crippen LogP contribution in [0.2, 0.25) is 0 Å². The number of benzene rings is 1. The van der Waals surface area contributed by atoms with Gasteiger partial charge < -0.3 is 11.1 Å². The molecule has 0 aliphatic carbocycles. The lowest BCUT2D eigenvalue weighted by atomic mass is 10.1. The number of aromatic nitrogens is 3. The molecule has 2 aromatic heterocycles. The van der Waals surface area contributed by atoms with Gasteiger partial charge in [0.1, 0.15) is 11.3 Å². The van der Waals surface area contributed by atoms with Gasteiger partial charge in [0.15, 0.2) is 5.65 Å². The number of carbonyl (C=O) groups is 1. The van der Waals surface area contributed by atoms with Gasteiger partial charge in [0, 0.05) is 44.5 Å². The van der Waals surface area contributed by atoms with Gasteiger partial charge in [0.2, 0.25) is 0 Å². The van der Waals surface area contributed by atoms with Crippen LogP contribution in [0.15, 0.2) is 42.6 Å². The van der Waals surface area contributed by atoms with Gasteiger partial charge in [0.05, 0.1) is 5.69 Å². The Kier molecular flexibility index (Phi) is 4.17. The fourth-order valence-electron chi connectivity index (χ4n) is 3.18. The Morgan fingerprint density at radius 2 is 1.92 bits per heavy atom. The van der Waals surface area contributed by atoms with Crippen LogP contribution in [0, 0.1) is 0 Å². The zero-order valence-electron chi connectivity index (χ0n) is 13.9. The van der Waals surface area contributed by atoms with Gasteiger partial charge in [-0.15, -0.1) is 0 Å². The number of primary amides is 1. The molecule has 0 unspecified atom stereocenters. The van der Waals surface area contributed by atoms with Crippen LogP contribution in [0.1, 0.15) is 16.1 Å². The SMILES string of the molecule is NC(=O)c1c(-c2ccccc2)nn2ccc(CN3CCNCC3)nc12. The van der Waals surface area contributed by atoms with Crippen molar-refractivity contribution in [1.82, 2.24) is 24.8 Å². The molecule has 128 valence electrons. The van der Waals surface area contributed by atoms with Crippen LogP contribution in [-0.2, 0) is 6.54 Å². The van der Waals surface area contributed by atoms with Crippen molar-refractivity contribution < 1.29 is 4.79 Å². The summed E-state index contributed by atoms with van der Waals surface area (Å²) in [4.78, 5) is 19.1. The van der Waals surface area contributed by atoms with Crippen molar-refractivity contribution in [3.63, 3.8) is 0 Å². The lowest BCUT2D eigenvalue weighted by Gasteiger charge is -2.26. The zero-order valence-corrected chi connectivity index (χ0v) is 13.9. The van der Waals surface area contributed by atoms with Gasteiger partial charge in [-0.05, 0) is 6.07 Å². The van der Waals surface area contributed by atoms with E-state index in [-0.39, 0.29) is 0 Å². The van der Waals surface area contributed by atoms with Gasteiger partial charge in [-0.1, -0.05) is 30.3 Å². The number of piperazine rings is 1. The van der Waals surface area contributed by atoms with Gasteiger partial charge in [-0.3, -0.25) is 9.69 Å². The molecule has 0 bridgehead atoms. The van der Waals surface area contributed by atoms with E-state index >= 15 is 0 Å². The maximum Gasteiger partial charge on any atom is 0.254 e. The monoisotopic (exact) mass is 336 g/mol. The molecule has 3 aromatic rings. The third kappa shape index (κ3) is 3.11. The molecule has 3 heterocycles. The highest BCUT2D eigenvalue weighted by atomic mass is 16.1. The first-order chi connectivity index (χ1) is 12.2. The second-order valence-corrected chi connectivity index (χ2v) is 6.17. The molecule has 0 radical (unpaired) electrons. The van der Waals surface area contributed by atoms with Gasteiger partial charge in [-0.2, -0.15) is 5.10 Å². The molecule has 0 saturated carbocycles. The average molecular weight is 336 g/mol. The number of nitrogens with zero attached hydrogens (tertiary/aromatic N) is 4. The van der Waals surface area contributed by atoms with Gasteiger partial charge in [-0.25, -0.2) is 9.50 Å². The quantitative estimate of drug-likeness (QED) is 0.739. The van der Waals surface area contributed by atoms with E-state index in [0.717, 1.165) is 44.0 Å². The molecule has 1 saturated heterocycles. The zero-order chi connectivity index (χ0) is 17.2. The highest BCUT2D eigenvalue weighted by Crippen LogP contribution is 2.25. The minimum Gasteiger partial charge on any atom is -0.365 e. The number of carbonyl (C=O) groups excluding carboxylic acids is 1. The van der Waals surface area contributed by atoms with Crippen LogP contribution < -0.4 is 11.1 Å². The molecule has 0 spiro atoms. The minimum absolute atomic E-state index is 0.369. The third-order valence-corrected chi connectivity index (χ3v) is 4.43. The van der Waals surface area contributed by atoms with E-state index in [1.165, 1.54) is 0 Å². The number of nitrogens with two attached hydrogens (primary N) is 1. The summed E-state index contributed by atoms with van der Waals surface area (Å²) >= 11 is 0. The summed E-state index contributed by atoms with van der Waals surface area (Å²) in [7, 11) is 0. The Bertz CT molecular complexity index is 899. The van der Waals surface area contributed by atoms with E-state index in [4.69, 9.17) is 5.73 Å². The maximum absolute atomic E-state index is 12.1. The summed E-state index contributed by atoms with van der Waals surface area (Å²) in [6.07, 6.45) is 1.85. The Morgan fingerprint density at radius 3 is 2.64 bits per heavy atom. The van der Waals surface area contributed by atoms with E-state index in [1.54, 1.807) is 4.52 Å². The van der Waals surface area contributed by atoms with Crippen LogP contribution in [0.5, 0.6) is 0 Å². The first-order valence-corrected chi connectivity index (χ1v) is 8.39. The predicted octanol–water partition coefficient (Wildman–Crippen LogP) is 0.900. The number of nitrogens with one attached hydrogen (secondary N) is 1. The molecule has 4 rings (SSSR count). The predicted molar refractivity (Wildman–Crippen MR) is 95.1 cm³/mol. The molecule has 1 amide bonds. The summed E-state index contributed by atoms with van der Waals surface area (Å²) in [6, 6.07) is 11.5. The van der Waals surface area contributed by atoms with Crippen molar-refractivity contribution in [3.8, 4) is 11.3 Å². The molecule has 1 fully saturated rings. The standard InChI is InChI=1S/C18H20N6O/c19-17(25)15-16(13-4-2-1-3-5-13)22-24-9-6-14(21-18(15)24)12-23-10-7-20-8-11-23/h1-6,9,20H,7-8,10-12H2,(H2,19,25). The number of hydrogen-bond donors (Lipinski definition) is 2. The number of amides is 1. The molecule has 1 aliphatic heterocycles. The van der Waals surface area contributed by atoms with E-state index in [9.17, 15) is 4.79 Å². The second kappa shape index (κ2) is 6.62. The average Bonchev–Trinajstić information content (AvgIpc) is 3.02. The Morgan fingerprint density at radius 1 is 1.16 bits per heavy atom. The van der Waals surface area contributed by atoms with Crippen LogP contribution in [-0.4, -0.2) is 51.6 Å². The number of rotatable bonds is 4. The van der Waals surface area contributed by atoms with Crippen LogP contribution >= 0.6 is 0 Å². The van der Waals surface area contributed by atoms with Gasteiger partial charge in [0.25, 0.3) is 5.91 Å². The highest BCUT2D eigenvalue weighted by molar-refractivity contribution is 6.04. The van der Waals surface area contributed by atoms with E-state index in [2.05, 4.69) is 20.3 Å². The summed E-state index contributed by atoms with van der Waals surface area (Å²) < 4.78 is 1.63. The third-order valence-electron chi connectivity index (χ3n) is 4.43. The van der Waals surface area contributed by atoms with Crippen molar-refractivity contribution in [3.05, 3.63) is 53.9 Å². The summed E-state index contributed by atoms with van der Waals surface area (Å²) in [5.41, 5.74) is 8.86. The molecule has 1 aromatic carbocycles. The molecule has 7 nitrogen and oxygen atoms in total. The number of hydrogen-bond acceptors (Lipinski definition) is 5. The van der Waals surface area contributed by atoms with E-state index in [1.807, 2.05) is 42.6 Å². The largest absolute Gasteiger partial charge is 0.365 e. The Labute approximate surface area is 145 Å². The van der Waals surface area contributed by atoms with Crippen LogP contribution in [0.25, 0.3) is 16.9 Å². The highest BCUT2D eigenvalue weighted by Gasteiger charge is 2.21. The van der Waals surface area contributed by atoms with Crippen LogP contribution in [0.4, 0.5) is 0 Å². The minimum atomic E-state index is -0.513. The fraction of sp³-hybridized carbons (Fsp3) is 0.278. The molecule has 3 N–H and O–H groups in total. The van der Waals surface area contributed by atoms with Crippen molar-refractivity contribution in [1.29, 1.82) is 0 Å². The molecule has 25 heavy (non-hydrogen) atoms. The van der Waals surface area contributed by atoms with Crippen molar-refractivity contribution in [2.75, 3.05) is 26.2 Å². The Hall–Kier alpha value is -2.77. The molecule has 1 aliphatic rings. The lowest BCUT2D eigenvalue weighted by Crippen LogP contribution is -2.43. The summed E-state index contributed by atoms with van der Waals surface area (Å²) in [5, 5.41) is 7.86. The van der Waals surface area contributed by atoms with Gasteiger partial charge >= 0.3 is 0 Å². The Balaban J connectivity index is 1.76. The van der Waals surface area contributed by atoms with Crippen molar-refractivity contribution >= 4 is 11.6 Å². The lowest BCUT2D eigenvalue weighted by molar-refractivity contribution is 0.100. The van der Waals surface area contributed by atoms with Crippen molar-refractivity contribution in [2.24, 2.45) is 5.73 Å². The number of fused-ring (bicyclic) bond motifs is 1. The summed E-state index contributed by atoms with van der Waals surface area (Å²) in [5.74, 6) is -0.513. The van der Waals surface area contributed by atoms with E-state index < -0.39 is 5.91 Å². The van der Waals surface area contributed by atoms with E-state index in [0.29, 0.717) is 16.9 Å². The molecule has 7 heteroatoms. The van der Waals surface area contributed by atoms with Crippen LogP contribution in [0.3, 0.4) is 0 Å². The smallest absolute Gasteiger partial charge is 0.254 e. The van der Waals surface area contributed by atoms with Crippen molar-refractivity contribution in [2.45, 2.75) is 6.54 Å². The summed E-state index contributed by atoms with van der Waals surface area (Å²) in [6.45, 7) is 4.70. The normalized spacial score (nSPS) is 15.5. The second-order valence-electron chi connectivity index (χ2n) is 6.17. The fourth-order valence-corrected chi connectivity index (χ4v) is 3.18. The topological polar surface area (TPSA) is 88.5 Å². The first-order valence-electron chi connectivity index (χ1n) is 8.39. The first kappa shape index (κ1) is 15.7. The molecule has 0 atom stereocenters. The maximum atomic E-state index is 12.1. The molecular formula is C18H20N6O. The molecular weight excluding hydrogens is 316 g/mol.